The number of nitrogens with zero attached hydrogens (tertiary/aromatic N) is 1. The first-order valence-corrected chi connectivity index (χ1v) is 11.5. The van der Waals surface area contributed by atoms with E-state index in [1.165, 1.54) is 0 Å². The molecule has 1 spiro atoms. The molecule has 0 aromatic heterocycles. The maximum atomic E-state index is 12.9. The van der Waals surface area contributed by atoms with Crippen LogP contribution in [0.5, 0.6) is 0 Å². The van der Waals surface area contributed by atoms with E-state index in [4.69, 9.17) is 10.5 Å². The van der Waals surface area contributed by atoms with Crippen LogP contribution in [-0.2, 0) is 14.3 Å². The quantitative estimate of drug-likeness (QED) is 0.594. The van der Waals surface area contributed by atoms with Crippen molar-refractivity contribution in [2.24, 2.45) is 45.7 Å². The molecule has 2 bridgehead atoms. The number of carbonyl (C=O) groups is 2. The molecule has 9 atom stereocenters. The summed E-state index contributed by atoms with van der Waals surface area (Å²) in [5.74, 6) is -0.352. The molecule has 5 aliphatic carbocycles. The second kappa shape index (κ2) is 5.30. The minimum absolute atomic E-state index is 0.0554. The zero-order chi connectivity index (χ0) is 21.3. The molecule has 4 saturated carbocycles. The topological polar surface area (TPSA) is 113 Å². The van der Waals surface area contributed by atoms with Gasteiger partial charge in [0.1, 0.15) is 11.4 Å². The summed E-state index contributed by atoms with van der Waals surface area (Å²) in [6.07, 6.45) is 4.52. The van der Waals surface area contributed by atoms with Gasteiger partial charge in [-0.1, -0.05) is 13.8 Å². The SMILES string of the molecule is CC12CC(O)C3C(C4=C(N)C5C(=O)CCC3(C)C5(C#N)C4)C1CCC21CCC(=O)O1. The maximum absolute atomic E-state index is 12.9. The summed E-state index contributed by atoms with van der Waals surface area (Å²) < 4.78 is 5.98. The van der Waals surface area contributed by atoms with E-state index in [9.17, 15) is 20.0 Å². The van der Waals surface area contributed by atoms with Gasteiger partial charge in [0.2, 0.25) is 0 Å². The highest BCUT2D eigenvalue weighted by molar-refractivity contribution is 5.88. The van der Waals surface area contributed by atoms with Gasteiger partial charge in [0.25, 0.3) is 0 Å². The van der Waals surface area contributed by atoms with Crippen molar-refractivity contribution in [1.29, 1.82) is 5.26 Å². The Morgan fingerprint density at radius 2 is 1.93 bits per heavy atom. The van der Waals surface area contributed by atoms with Crippen LogP contribution in [-0.4, -0.2) is 28.6 Å². The lowest BCUT2D eigenvalue weighted by Gasteiger charge is -2.63. The average molecular weight is 411 g/mol. The Balaban J connectivity index is 1.54. The fraction of sp³-hybridized carbons (Fsp3) is 0.792. The normalized spacial score (nSPS) is 56.0. The number of carbonyl (C=O) groups excluding carboxylic acids is 2. The van der Waals surface area contributed by atoms with Crippen LogP contribution in [0.25, 0.3) is 0 Å². The summed E-state index contributed by atoms with van der Waals surface area (Å²) in [7, 11) is 0. The van der Waals surface area contributed by atoms with Crippen molar-refractivity contribution in [1.82, 2.24) is 0 Å². The monoisotopic (exact) mass is 410 g/mol. The van der Waals surface area contributed by atoms with Crippen molar-refractivity contribution in [2.75, 3.05) is 0 Å². The smallest absolute Gasteiger partial charge is 0.306 e. The first kappa shape index (κ1) is 18.9. The van der Waals surface area contributed by atoms with Crippen LogP contribution in [0.15, 0.2) is 11.3 Å². The summed E-state index contributed by atoms with van der Waals surface area (Å²) in [6, 6.07) is 2.57. The van der Waals surface area contributed by atoms with Gasteiger partial charge in [0.05, 0.1) is 23.5 Å². The van der Waals surface area contributed by atoms with Gasteiger partial charge < -0.3 is 15.6 Å². The predicted octanol–water partition coefficient (Wildman–Crippen LogP) is 2.60. The van der Waals surface area contributed by atoms with E-state index < -0.39 is 28.5 Å². The van der Waals surface area contributed by atoms with E-state index in [0.29, 0.717) is 37.8 Å². The molecule has 160 valence electrons. The number of allylic oxidation sites excluding steroid dienone is 2. The van der Waals surface area contributed by atoms with E-state index in [1.807, 2.05) is 0 Å². The fourth-order valence-corrected chi connectivity index (χ4v) is 9.47. The number of Topliss-reactive ketones (excluding diaryl/α,β-unsaturated/α-hetero) is 1. The number of ketones is 1. The van der Waals surface area contributed by atoms with E-state index >= 15 is 0 Å². The molecule has 6 aliphatic rings. The van der Waals surface area contributed by atoms with Crippen LogP contribution in [0.4, 0.5) is 0 Å². The Kier molecular flexibility index (Phi) is 3.33. The van der Waals surface area contributed by atoms with E-state index in [2.05, 4.69) is 19.9 Å². The van der Waals surface area contributed by atoms with Crippen LogP contribution in [0.2, 0.25) is 0 Å². The first-order chi connectivity index (χ1) is 14.1. The average Bonchev–Trinajstić information content (AvgIpc) is 3.31. The molecule has 6 nitrogen and oxygen atoms in total. The number of nitrogens with two attached hydrogens (primary N) is 1. The van der Waals surface area contributed by atoms with Gasteiger partial charge in [-0.05, 0) is 67.3 Å². The molecule has 0 aromatic carbocycles. The standard InChI is InChI=1S/C24H30N2O4/c1-21-6-4-14(27)19-20(26)12(9-23(19,21)11-25)17-13-3-7-24(8-5-16(29)30-24)22(13,2)10-15(28)18(17)21/h13,15,17-19,28H,3-10,26H2,1-2H3. The van der Waals surface area contributed by atoms with Gasteiger partial charge in [0.15, 0.2) is 0 Å². The van der Waals surface area contributed by atoms with Crippen molar-refractivity contribution in [3.05, 3.63) is 11.3 Å². The number of fused-ring (bicyclic) bond motifs is 7. The van der Waals surface area contributed by atoms with Crippen LogP contribution < -0.4 is 5.73 Å². The number of hydrogen-bond acceptors (Lipinski definition) is 6. The third kappa shape index (κ3) is 1.71. The van der Waals surface area contributed by atoms with Gasteiger partial charge in [-0.3, -0.25) is 9.59 Å². The Morgan fingerprint density at radius 3 is 2.60 bits per heavy atom. The number of aliphatic hydroxyl groups is 1. The van der Waals surface area contributed by atoms with Crippen LogP contribution in [0.3, 0.4) is 0 Å². The van der Waals surface area contributed by atoms with Gasteiger partial charge >= 0.3 is 5.97 Å². The maximum Gasteiger partial charge on any atom is 0.306 e. The Bertz CT molecular complexity index is 967. The second-order valence-electron chi connectivity index (χ2n) is 11.4. The molecule has 1 heterocycles. The van der Waals surface area contributed by atoms with Crippen molar-refractivity contribution in [3.63, 3.8) is 0 Å². The number of nitriles is 1. The van der Waals surface area contributed by atoms with E-state index in [0.717, 1.165) is 24.8 Å². The molecule has 3 N–H and O–H groups in total. The molecule has 1 saturated heterocycles. The molecular formula is C24H30N2O4. The lowest BCUT2D eigenvalue weighted by Crippen LogP contribution is -2.64. The van der Waals surface area contributed by atoms with Crippen molar-refractivity contribution < 1.29 is 19.4 Å². The highest BCUT2D eigenvalue weighted by Gasteiger charge is 2.76. The molecule has 0 amide bonds. The van der Waals surface area contributed by atoms with Gasteiger partial charge in [-0.15, -0.1) is 0 Å². The second-order valence-corrected chi connectivity index (χ2v) is 11.4. The molecule has 30 heavy (non-hydrogen) atoms. The van der Waals surface area contributed by atoms with Crippen molar-refractivity contribution in [2.45, 2.75) is 76.9 Å². The lowest BCUT2D eigenvalue weighted by atomic mass is 9.39. The molecule has 6 rings (SSSR count). The van der Waals surface area contributed by atoms with Crippen LogP contribution in [0, 0.1) is 51.2 Å². The number of hydrogen-bond donors (Lipinski definition) is 2. The summed E-state index contributed by atoms with van der Waals surface area (Å²) in [5, 5.41) is 22.0. The minimum atomic E-state index is -0.826. The molecular weight excluding hydrogens is 380 g/mol. The zero-order valence-corrected chi connectivity index (χ0v) is 17.7. The van der Waals surface area contributed by atoms with Gasteiger partial charge in [-0.2, -0.15) is 5.26 Å². The van der Waals surface area contributed by atoms with Gasteiger partial charge in [0, 0.05) is 24.0 Å². The molecule has 1 aliphatic heterocycles. The highest BCUT2D eigenvalue weighted by Crippen LogP contribution is 2.76. The van der Waals surface area contributed by atoms with E-state index in [1.54, 1.807) is 0 Å². The van der Waals surface area contributed by atoms with Crippen molar-refractivity contribution in [3.8, 4) is 6.07 Å². The minimum Gasteiger partial charge on any atom is -0.458 e. The third-order valence-electron chi connectivity index (χ3n) is 10.8. The summed E-state index contributed by atoms with van der Waals surface area (Å²) in [6.45, 7) is 4.33. The Hall–Kier alpha value is -1.87. The molecule has 0 radical (unpaired) electrons. The Morgan fingerprint density at radius 1 is 1.17 bits per heavy atom. The molecule has 0 aromatic rings. The molecule has 9 unspecified atom stereocenters. The van der Waals surface area contributed by atoms with Crippen LogP contribution >= 0.6 is 0 Å². The predicted molar refractivity (Wildman–Crippen MR) is 106 cm³/mol. The number of rotatable bonds is 0. The van der Waals surface area contributed by atoms with Crippen molar-refractivity contribution >= 4 is 11.8 Å². The first-order valence-electron chi connectivity index (χ1n) is 11.5. The molecule has 5 fully saturated rings. The van der Waals surface area contributed by atoms with Gasteiger partial charge in [-0.25, -0.2) is 0 Å². The van der Waals surface area contributed by atoms with E-state index in [-0.39, 0.29) is 34.9 Å². The highest BCUT2D eigenvalue weighted by atomic mass is 16.6. The van der Waals surface area contributed by atoms with Crippen LogP contribution in [0.1, 0.15) is 65.2 Å². The number of aliphatic hydroxyl groups excluding tert-OH is 1. The summed E-state index contributed by atoms with van der Waals surface area (Å²) in [4.78, 5) is 25.0. The zero-order valence-electron chi connectivity index (χ0n) is 17.7. The summed E-state index contributed by atoms with van der Waals surface area (Å²) >= 11 is 0. The largest absolute Gasteiger partial charge is 0.458 e. The molecule has 6 heteroatoms. The third-order valence-corrected chi connectivity index (χ3v) is 10.8. The number of ether oxygens (including phenoxy) is 1. The fourth-order valence-electron chi connectivity index (χ4n) is 9.47. The Labute approximate surface area is 176 Å². The summed E-state index contributed by atoms with van der Waals surface area (Å²) in [5.41, 5.74) is 6.25. The lowest BCUT2D eigenvalue weighted by molar-refractivity contribution is -0.198. The number of esters is 1.